The Hall–Kier alpha value is -2.22. The molecule has 0 radical (unpaired) electrons. The molecule has 0 saturated heterocycles. The number of likely N-dealkylation sites (N-methyl/N-ethyl adjacent to an activating group) is 1. The van der Waals surface area contributed by atoms with Crippen LogP contribution in [0.5, 0.6) is 5.75 Å². The lowest BCUT2D eigenvalue weighted by molar-refractivity contribution is -0.117. The second-order valence-electron chi connectivity index (χ2n) is 6.58. The van der Waals surface area contributed by atoms with Crippen molar-refractivity contribution in [2.75, 3.05) is 26.0 Å². The second-order valence-corrected chi connectivity index (χ2v) is 8.35. The van der Waals surface area contributed by atoms with Gasteiger partial charge in [-0.2, -0.15) is 0 Å². The van der Waals surface area contributed by atoms with Crippen molar-refractivity contribution >= 4 is 38.9 Å². The maximum atomic E-state index is 12.3. The van der Waals surface area contributed by atoms with Gasteiger partial charge in [0.2, 0.25) is 5.91 Å². The third kappa shape index (κ3) is 5.41. The van der Waals surface area contributed by atoms with Crippen LogP contribution in [0.15, 0.2) is 52.3 Å². The van der Waals surface area contributed by atoms with Crippen LogP contribution in [0.3, 0.4) is 0 Å². The van der Waals surface area contributed by atoms with Crippen LogP contribution in [0.2, 0.25) is 0 Å². The number of halogens is 1. The molecule has 0 aliphatic carbocycles. The van der Waals surface area contributed by atoms with Crippen molar-refractivity contribution < 1.29 is 9.53 Å². The fourth-order valence-electron chi connectivity index (χ4n) is 2.77. The van der Waals surface area contributed by atoms with Gasteiger partial charge in [0.05, 0.1) is 24.9 Å². The Bertz CT molecular complexity index is 957. The monoisotopic (exact) mass is 459 g/mol. The molecule has 3 rings (SSSR count). The summed E-state index contributed by atoms with van der Waals surface area (Å²) in [7, 11) is 3.56. The van der Waals surface area contributed by atoms with Gasteiger partial charge in [-0.25, -0.2) is 4.98 Å². The number of amides is 1. The number of anilines is 1. The molecule has 0 aliphatic rings. The van der Waals surface area contributed by atoms with Gasteiger partial charge in [0.15, 0.2) is 0 Å². The number of nitrogens with one attached hydrogen (secondary N) is 1. The number of ether oxygens (including phenoxy) is 1. The molecule has 0 spiro atoms. The molecule has 2 aromatic carbocycles. The molecule has 0 saturated carbocycles. The van der Waals surface area contributed by atoms with E-state index in [1.54, 1.807) is 18.4 Å². The number of aryl methyl sites for hydroxylation is 1. The molecule has 3 aromatic rings. The van der Waals surface area contributed by atoms with E-state index in [2.05, 4.69) is 21.2 Å². The molecule has 0 bridgehead atoms. The van der Waals surface area contributed by atoms with Gasteiger partial charge in [-0.1, -0.05) is 33.6 Å². The summed E-state index contributed by atoms with van der Waals surface area (Å²) in [5.41, 5.74) is 3.85. The Morgan fingerprint density at radius 3 is 2.71 bits per heavy atom. The number of rotatable bonds is 7. The fraction of sp³-hybridized carbons (Fsp3) is 0.238. The zero-order valence-electron chi connectivity index (χ0n) is 16.0. The van der Waals surface area contributed by atoms with Crippen molar-refractivity contribution in [3.05, 3.63) is 63.6 Å². The first-order chi connectivity index (χ1) is 13.4. The molecule has 146 valence electrons. The highest BCUT2D eigenvalue weighted by molar-refractivity contribution is 9.10. The minimum absolute atomic E-state index is 0.0459. The molecule has 5 nitrogen and oxygen atoms in total. The molecule has 0 unspecified atom stereocenters. The van der Waals surface area contributed by atoms with Crippen LogP contribution in [-0.4, -0.2) is 36.5 Å². The van der Waals surface area contributed by atoms with E-state index >= 15 is 0 Å². The third-order valence-electron chi connectivity index (χ3n) is 4.12. The first-order valence-electron chi connectivity index (χ1n) is 8.78. The van der Waals surface area contributed by atoms with E-state index in [9.17, 15) is 4.79 Å². The highest BCUT2D eigenvalue weighted by atomic mass is 79.9. The number of hydrogen-bond acceptors (Lipinski definition) is 5. The number of carbonyl (C=O) groups is 1. The van der Waals surface area contributed by atoms with E-state index in [0.717, 1.165) is 37.7 Å². The lowest BCUT2D eigenvalue weighted by Crippen LogP contribution is -2.29. The molecule has 1 amide bonds. The smallest absolute Gasteiger partial charge is 0.238 e. The molecule has 0 aliphatic heterocycles. The van der Waals surface area contributed by atoms with Crippen LogP contribution in [0.25, 0.3) is 10.6 Å². The minimum Gasteiger partial charge on any atom is -0.496 e. The van der Waals surface area contributed by atoms with Gasteiger partial charge < -0.3 is 10.1 Å². The van der Waals surface area contributed by atoms with E-state index in [1.165, 1.54) is 0 Å². The van der Waals surface area contributed by atoms with Crippen LogP contribution in [0.4, 0.5) is 5.69 Å². The van der Waals surface area contributed by atoms with Gasteiger partial charge in [0.1, 0.15) is 10.8 Å². The Balaban J connectivity index is 1.61. The summed E-state index contributed by atoms with van der Waals surface area (Å²) in [6.45, 7) is 2.90. The molecule has 1 heterocycles. The van der Waals surface area contributed by atoms with Crippen molar-refractivity contribution in [2.24, 2.45) is 0 Å². The Morgan fingerprint density at radius 2 is 2.00 bits per heavy atom. The van der Waals surface area contributed by atoms with E-state index < -0.39 is 0 Å². The van der Waals surface area contributed by atoms with Gasteiger partial charge in [0.25, 0.3) is 0 Å². The van der Waals surface area contributed by atoms with Crippen molar-refractivity contribution in [1.29, 1.82) is 0 Å². The van der Waals surface area contributed by atoms with E-state index in [-0.39, 0.29) is 5.91 Å². The highest BCUT2D eigenvalue weighted by Crippen LogP contribution is 2.34. The lowest BCUT2D eigenvalue weighted by atomic mass is 10.2. The van der Waals surface area contributed by atoms with Crippen LogP contribution in [0.1, 0.15) is 11.3 Å². The molecular weight excluding hydrogens is 438 g/mol. The van der Waals surface area contributed by atoms with Gasteiger partial charge in [-0.05, 0) is 44.3 Å². The lowest BCUT2D eigenvalue weighted by Gasteiger charge is -2.15. The van der Waals surface area contributed by atoms with Crippen molar-refractivity contribution in [1.82, 2.24) is 9.88 Å². The summed E-state index contributed by atoms with van der Waals surface area (Å²) in [5, 5.41) is 5.83. The molecule has 0 atom stereocenters. The van der Waals surface area contributed by atoms with Gasteiger partial charge in [-0.15, -0.1) is 11.3 Å². The molecule has 28 heavy (non-hydrogen) atoms. The second kappa shape index (κ2) is 9.32. The third-order valence-corrected chi connectivity index (χ3v) is 5.54. The highest BCUT2D eigenvalue weighted by Gasteiger charge is 2.13. The summed E-state index contributed by atoms with van der Waals surface area (Å²) in [6, 6.07) is 13.6. The van der Waals surface area contributed by atoms with E-state index in [0.29, 0.717) is 13.1 Å². The minimum atomic E-state index is -0.0459. The normalized spacial score (nSPS) is 10.9. The molecule has 1 N–H and O–H groups in total. The Morgan fingerprint density at radius 1 is 1.25 bits per heavy atom. The van der Waals surface area contributed by atoms with E-state index in [4.69, 9.17) is 9.72 Å². The van der Waals surface area contributed by atoms with Gasteiger partial charge in [0, 0.05) is 22.1 Å². The Labute approximate surface area is 177 Å². The number of nitrogens with zero attached hydrogens (tertiary/aromatic N) is 2. The topological polar surface area (TPSA) is 54.5 Å². The summed E-state index contributed by atoms with van der Waals surface area (Å²) in [4.78, 5) is 18.9. The van der Waals surface area contributed by atoms with Crippen molar-refractivity contribution in [3.8, 4) is 16.3 Å². The number of carbonyl (C=O) groups excluding carboxylic acids is 1. The zero-order valence-corrected chi connectivity index (χ0v) is 18.4. The molecule has 7 heteroatoms. The van der Waals surface area contributed by atoms with Crippen LogP contribution in [0, 0.1) is 6.92 Å². The molecule has 0 fully saturated rings. The first kappa shape index (κ1) is 20.5. The van der Waals surface area contributed by atoms with Crippen molar-refractivity contribution in [2.45, 2.75) is 13.5 Å². The van der Waals surface area contributed by atoms with E-state index in [1.807, 2.05) is 66.7 Å². The predicted octanol–water partition coefficient (Wildman–Crippen LogP) is 4.96. The van der Waals surface area contributed by atoms with Crippen molar-refractivity contribution in [3.63, 3.8) is 0 Å². The quantitative estimate of drug-likeness (QED) is 0.542. The largest absolute Gasteiger partial charge is 0.496 e. The number of hydrogen-bond donors (Lipinski definition) is 1. The summed E-state index contributed by atoms with van der Waals surface area (Å²) < 4.78 is 6.42. The first-order valence-corrected chi connectivity index (χ1v) is 10.5. The number of thiazole rings is 1. The summed E-state index contributed by atoms with van der Waals surface area (Å²) >= 11 is 5.06. The van der Waals surface area contributed by atoms with Crippen LogP contribution in [-0.2, 0) is 11.3 Å². The van der Waals surface area contributed by atoms with Crippen LogP contribution >= 0.6 is 27.3 Å². The molecule has 1 aromatic heterocycles. The molecular formula is C21H22BrN3O2S. The maximum Gasteiger partial charge on any atom is 0.238 e. The fourth-order valence-corrected chi connectivity index (χ4v) is 3.96. The standard InChI is InChI=1S/C21H22BrN3O2S/c1-14-4-7-16(8-5-14)23-20(26)12-25(2)11-17-13-28-21(24-17)18-10-15(22)6-9-19(18)27-3/h4-10,13H,11-12H2,1-3H3,(H,23,26). The van der Waals surface area contributed by atoms with Gasteiger partial charge >= 0.3 is 0 Å². The van der Waals surface area contributed by atoms with Crippen LogP contribution < -0.4 is 10.1 Å². The zero-order chi connectivity index (χ0) is 20.1. The number of aromatic nitrogens is 1. The SMILES string of the molecule is COc1ccc(Br)cc1-c1nc(CN(C)CC(=O)Nc2ccc(C)cc2)cs1. The average Bonchev–Trinajstić information content (AvgIpc) is 3.11. The van der Waals surface area contributed by atoms with Gasteiger partial charge in [-0.3, -0.25) is 9.69 Å². The average molecular weight is 460 g/mol. The maximum absolute atomic E-state index is 12.3. The number of methoxy groups -OCH3 is 1. The summed E-state index contributed by atoms with van der Waals surface area (Å²) in [6.07, 6.45) is 0. The Kier molecular flexibility index (Phi) is 6.83. The predicted molar refractivity (Wildman–Crippen MR) is 118 cm³/mol. The number of benzene rings is 2. The summed E-state index contributed by atoms with van der Waals surface area (Å²) in [5.74, 6) is 0.741.